The first-order chi connectivity index (χ1) is 12.3. The van der Waals surface area contributed by atoms with E-state index in [1.54, 1.807) is 0 Å². The molecule has 0 amide bonds. The van der Waals surface area contributed by atoms with E-state index >= 15 is 0 Å². The molecule has 0 radical (unpaired) electrons. The van der Waals surface area contributed by atoms with E-state index in [1.807, 2.05) is 12.4 Å². The smallest absolute Gasteiger partial charge is 0.0460 e. The molecule has 1 aliphatic rings. The van der Waals surface area contributed by atoms with E-state index in [0.29, 0.717) is 6.04 Å². The van der Waals surface area contributed by atoms with Crippen LogP contribution in [0.15, 0.2) is 42.9 Å². The molecule has 1 unspecified atom stereocenters. The van der Waals surface area contributed by atoms with Gasteiger partial charge in [-0.25, -0.2) is 0 Å². The minimum atomic E-state index is 0.606. The van der Waals surface area contributed by atoms with Gasteiger partial charge in [0.15, 0.2) is 0 Å². The third-order valence-electron chi connectivity index (χ3n) is 5.46. The summed E-state index contributed by atoms with van der Waals surface area (Å²) in [6.45, 7) is 6.96. The van der Waals surface area contributed by atoms with Crippen LogP contribution in [0.2, 0.25) is 0 Å². The minimum Gasteiger partial charge on any atom is -0.361 e. The summed E-state index contributed by atoms with van der Waals surface area (Å²) in [6, 6.07) is 9.37. The maximum Gasteiger partial charge on any atom is 0.0460 e. The lowest BCUT2D eigenvalue weighted by atomic mass is 9.84. The number of hydrogen-bond donors (Lipinski definition) is 1. The van der Waals surface area contributed by atoms with E-state index < -0.39 is 0 Å². The summed E-state index contributed by atoms with van der Waals surface area (Å²) in [5.41, 5.74) is 6.91. The van der Waals surface area contributed by atoms with Crippen molar-refractivity contribution >= 4 is 10.9 Å². The zero-order valence-electron chi connectivity index (χ0n) is 15.3. The Bertz CT molecular complexity index is 844. The van der Waals surface area contributed by atoms with E-state index in [9.17, 15) is 0 Å². The van der Waals surface area contributed by atoms with Gasteiger partial charge in [-0.15, -0.1) is 0 Å². The molecule has 1 N–H and O–H groups in total. The van der Waals surface area contributed by atoms with Gasteiger partial charge in [0.2, 0.25) is 0 Å². The molecule has 2 aromatic heterocycles. The van der Waals surface area contributed by atoms with Gasteiger partial charge in [0.05, 0.1) is 0 Å². The molecule has 130 valence electrons. The monoisotopic (exact) mass is 333 g/mol. The second-order valence-electron chi connectivity index (χ2n) is 7.16. The van der Waals surface area contributed by atoms with E-state index in [4.69, 9.17) is 0 Å². The standard InChI is InChI=1S/C22H27N3/c1-3-11-25(12-4-2)18-13-17-15-24-21-6-5-19(20(14-18)22(17)21)16-7-9-23-10-8-16/h5-10,15,18,24H,3-4,11-14H2,1-2H3. The molecule has 0 saturated heterocycles. The predicted octanol–water partition coefficient (Wildman–Crippen LogP) is 4.82. The summed E-state index contributed by atoms with van der Waals surface area (Å²) in [5.74, 6) is 0. The largest absolute Gasteiger partial charge is 0.361 e. The molecule has 0 spiro atoms. The fourth-order valence-electron chi connectivity index (χ4n) is 4.42. The molecular formula is C22H27N3. The topological polar surface area (TPSA) is 31.9 Å². The van der Waals surface area contributed by atoms with Gasteiger partial charge >= 0.3 is 0 Å². The predicted molar refractivity (Wildman–Crippen MR) is 105 cm³/mol. The molecule has 0 saturated carbocycles. The lowest BCUT2D eigenvalue weighted by Crippen LogP contribution is -2.41. The van der Waals surface area contributed by atoms with E-state index in [-0.39, 0.29) is 0 Å². The van der Waals surface area contributed by atoms with Gasteiger partial charge in [-0.1, -0.05) is 19.9 Å². The Morgan fingerprint density at radius 1 is 1.04 bits per heavy atom. The number of aromatic amines is 1. The first-order valence-corrected chi connectivity index (χ1v) is 9.58. The number of nitrogens with one attached hydrogen (secondary N) is 1. The minimum absolute atomic E-state index is 0.606. The summed E-state index contributed by atoms with van der Waals surface area (Å²) in [7, 11) is 0. The normalized spacial score (nSPS) is 16.7. The maximum absolute atomic E-state index is 4.19. The Hall–Kier alpha value is -2.13. The number of hydrogen-bond acceptors (Lipinski definition) is 2. The summed E-state index contributed by atoms with van der Waals surface area (Å²) in [5, 5.41) is 1.46. The van der Waals surface area contributed by atoms with Crippen molar-refractivity contribution in [3.63, 3.8) is 0 Å². The van der Waals surface area contributed by atoms with Crippen LogP contribution >= 0.6 is 0 Å². The molecule has 1 atom stereocenters. The fourth-order valence-corrected chi connectivity index (χ4v) is 4.42. The van der Waals surface area contributed by atoms with Gasteiger partial charge in [-0.3, -0.25) is 9.88 Å². The maximum atomic E-state index is 4.19. The summed E-state index contributed by atoms with van der Waals surface area (Å²) >= 11 is 0. The Morgan fingerprint density at radius 2 is 1.80 bits per heavy atom. The van der Waals surface area contributed by atoms with Crippen molar-refractivity contribution in [1.82, 2.24) is 14.9 Å². The highest BCUT2D eigenvalue weighted by Crippen LogP contribution is 2.37. The van der Waals surface area contributed by atoms with Crippen LogP contribution in [0.1, 0.15) is 37.8 Å². The van der Waals surface area contributed by atoms with Crippen molar-refractivity contribution in [2.24, 2.45) is 0 Å². The van der Waals surface area contributed by atoms with Crippen LogP contribution in [0.25, 0.3) is 22.0 Å². The second-order valence-corrected chi connectivity index (χ2v) is 7.16. The van der Waals surface area contributed by atoms with Crippen LogP contribution in [0, 0.1) is 0 Å². The third-order valence-corrected chi connectivity index (χ3v) is 5.46. The number of nitrogens with zero attached hydrogens (tertiary/aromatic N) is 2. The zero-order valence-corrected chi connectivity index (χ0v) is 15.3. The van der Waals surface area contributed by atoms with Crippen LogP contribution in [0.5, 0.6) is 0 Å². The van der Waals surface area contributed by atoms with Gasteiger partial charge in [0.1, 0.15) is 0 Å². The molecule has 0 aliphatic heterocycles. The third kappa shape index (κ3) is 2.98. The van der Waals surface area contributed by atoms with E-state index in [2.05, 4.69) is 59.2 Å². The van der Waals surface area contributed by atoms with Gasteiger partial charge < -0.3 is 4.98 Å². The zero-order chi connectivity index (χ0) is 17.2. The highest BCUT2D eigenvalue weighted by atomic mass is 15.1. The van der Waals surface area contributed by atoms with Gasteiger partial charge in [0.25, 0.3) is 0 Å². The molecule has 3 aromatic rings. The van der Waals surface area contributed by atoms with Crippen molar-refractivity contribution in [1.29, 1.82) is 0 Å². The molecule has 1 aromatic carbocycles. The van der Waals surface area contributed by atoms with E-state index in [1.165, 1.54) is 59.1 Å². The summed E-state index contributed by atoms with van der Waals surface area (Å²) < 4.78 is 0. The molecular weight excluding hydrogens is 306 g/mol. The highest BCUT2D eigenvalue weighted by Gasteiger charge is 2.27. The van der Waals surface area contributed by atoms with Crippen LogP contribution in [0.3, 0.4) is 0 Å². The molecule has 4 rings (SSSR count). The van der Waals surface area contributed by atoms with Crippen LogP contribution < -0.4 is 0 Å². The van der Waals surface area contributed by atoms with E-state index in [0.717, 1.165) is 12.8 Å². The molecule has 0 bridgehead atoms. The molecule has 3 nitrogen and oxygen atoms in total. The van der Waals surface area contributed by atoms with Gasteiger partial charge in [-0.2, -0.15) is 0 Å². The first kappa shape index (κ1) is 16.3. The van der Waals surface area contributed by atoms with Crippen LogP contribution in [-0.2, 0) is 12.8 Å². The number of H-pyrrole nitrogens is 1. The number of benzene rings is 1. The summed E-state index contributed by atoms with van der Waals surface area (Å²) in [6.07, 6.45) is 10.8. The molecule has 25 heavy (non-hydrogen) atoms. The Labute approximate surface area is 150 Å². The number of rotatable bonds is 6. The first-order valence-electron chi connectivity index (χ1n) is 9.58. The van der Waals surface area contributed by atoms with Crippen LogP contribution in [-0.4, -0.2) is 34.0 Å². The Balaban J connectivity index is 1.79. The molecule has 2 heterocycles. The molecule has 3 heteroatoms. The second kappa shape index (κ2) is 7.01. The van der Waals surface area contributed by atoms with Crippen molar-refractivity contribution in [3.05, 3.63) is 54.0 Å². The van der Waals surface area contributed by atoms with Crippen molar-refractivity contribution < 1.29 is 0 Å². The fraction of sp³-hybridized carbons (Fsp3) is 0.409. The number of pyridine rings is 1. The number of aromatic nitrogens is 2. The molecule has 0 fully saturated rings. The van der Waals surface area contributed by atoms with Gasteiger partial charge in [-0.05, 0) is 79.2 Å². The average molecular weight is 333 g/mol. The average Bonchev–Trinajstić information content (AvgIpc) is 3.07. The Morgan fingerprint density at radius 3 is 2.52 bits per heavy atom. The lowest BCUT2D eigenvalue weighted by Gasteiger charge is -2.35. The summed E-state index contributed by atoms with van der Waals surface area (Å²) in [4.78, 5) is 10.4. The highest BCUT2D eigenvalue weighted by molar-refractivity contribution is 5.93. The van der Waals surface area contributed by atoms with Crippen molar-refractivity contribution in [3.8, 4) is 11.1 Å². The SMILES string of the molecule is CCCN(CCC)C1Cc2c[nH]c3ccc(-c4ccncc4)c(c23)C1. The van der Waals surface area contributed by atoms with Crippen LogP contribution in [0.4, 0.5) is 0 Å². The molecule has 1 aliphatic carbocycles. The van der Waals surface area contributed by atoms with Gasteiger partial charge in [0, 0.05) is 35.5 Å². The van der Waals surface area contributed by atoms with Crippen molar-refractivity contribution in [2.75, 3.05) is 13.1 Å². The Kier molecular flexibility index (Phi) is 4.58. The quantitative estimate of drug-likeness (QED) is 0.701. The lowest BCUT2D eigenvalue weighted by molar-refractivity contribution is 0.192. The van der Waals surface area contributed by atoms with Crippen molar-refractivity contribution in [2.45, 2.75) is 45.6 Å².